The average molecular weight is 303 g/mol. The first-order valence-corrected chi connectivity index (χ1v) is 8.65. The minimum Gasteiger partial charge on any atom is -0.633 e. The SMILES string of the molecule is CCCCCCCCCCCC(N)=O.CCC[N+](C)(C)[O-]. The van der Waals surface area contributed by atoms with Crippen LogP contribution in [0.1, 0.15) is 84.5 Å². The molecular formula is C17H38N2O2. The highest BCUT2D eigenvalue weighted by Crippen LogP contribution is 2.10. The number of hydrogen-bond acceptors (Lipinski definition) is 2. The molecule has 0 aliphatic carbocycles. The van der Waals surface area contributed by atoms with Crippen LogP contribution in [-0.4, -0.2) is 31.2 Å². The number of unbranched alkanes of at least 4 members (excludes halogenated alkanes) is 8. The summed E-state index contributed by atoms with van der Waals surface area (Å²) in [5, 5.41) is 10.6. The second kappa shape index (κ2) is 15.8. The van der Waals surface area contributed by atoms with E-state index < -0.39 is 0 Å². The van der Waals surface area contributed by atoms with Crippen LogP contribution in [-0.2, 0) is 4.79 Å². The number of hydrogen-bond donors (Lipinski definition) is 1. The molecule has 128 valence electrons. The summed E-state index contributed by atoms with van der Waals surface area (Å²) in [5.74, 6) is -0.159. The summed E-state index contributed by atoms with van der Waals surface area (Å²) in [6.07, 6.45) is 13.1. The number of carbonyl (C=O) groups excluding carboxylic acids is 1. The summed E-state index contributed by atoms with van der Waals surface area (Å²) in [6.45, 7) is 4.97. The molecule has 0 aromatic rings. The van der Waals surface area contributed by atoms with Crippen molar-refractivity contribution in [3.8, 4) is 0 Å². The number of nitrogens with two attached hydrogens (primary N) is 1. The summed E-state index contributed by atoms with van der Waals surface area (Å²) in [7, 11) is 3.31. The largest absolute Gasteiger partial charge is 0.633 e. The average Bonchev–Trinajstić information content (AvgIpc) is 2.36. The third-order valence-electron chi connectivity index (χ3n) is 3.29. The molecule has 0 unspecified atom stereocenters. The first kappa shape index (κ1) is 22.7. The number of nitrogens with zero attached hydrogens (tertiary/aromatic N) is 1. The van der Waals surface area contributed by atoms with Gasteiger partial charge in [-0.2, -0.15) is 0 Å². The molecule has 0 aliphatic heterocycles. The van der Waals surface area contributed by atoms with Gasteiger partial charge in [-0.25, -0.2) is 0 Å². The maximum atomic E-state index is 10.6. The van der Waals surface area contributed by atoms with Gasteiger partial charge in [0, 0.05) is 6.42 Å². The van der Waals surface area contributed by atoms with E-state index in [2.05, 4.69) is 6.92 Å². The summed E-state index contributed by atoms with van der Waals surface area (Å²) in [4.78, 5) is 10.4. The Hall–Kier alpha value is -0.610. The number of amides is 1. The monoisotopic (exact) mass is 302 g/mol. The van der Waals surface area contributed by atoms with Gasteiger partial charge in [0.1, 0.15) is 0 Å². The molecule has 4 heteroatoms. The fourth-order valence-corrected chi connectivity index (χ4v) is 2.15. The van der Waals surface area contributed by atoms with Crippen molar-refractivity contribution in [3.63, 3.8) is 0 Å². The van der Waals surface area contributed by atoms with Gasteiger partial charge in [0.2, 0.25) is 5.91 Å². The van der Waals surface area contributed by atoms with Crippen molar-refractivity contribution in [1.82, 2.24) is 0 Å². The van der Waals surface area contributed by atoms with Gasteiger partial charge in [-0.3, -0.25) is 4.79 Å². The lowest BCUT2D eigenvalue weighted by Gasteiger charge is -2.33. The molecule has 21 heavy (non-hydrogen) atoms. The first-order chi connectivity index (χ1) is 9.83. The highest BCUT2D eigenvalue weighted by Gasteiger charge is 1.95. The van der Waals surface area contributed by atoms with Crippen LogP contribution < -0.4 is 5.73 Å². The summed E-state index contributed by atoms with van der Waals surface area (Å²) in [6, 6.07) is 0. The molecule has 4 nitrogen and oxygen atoms in total. The van der Waals surface area contributed by atoms with E-state index in [0.717, 1.165) is 25.8 Å². The standard InChI is InChI=1S/C12H25NO.C5H13NO/c1-2-3-4-5-6-7-8-9-10-11-12(13)14;1-4-5-6(2,3)7/h2-11H2,1H3,(H2,13,14);4-5H2,1-3H3. The van der Waals surface area contributed by atoms with Gasteiger partial charge in [0.25, 0.3) is 0 Å². The predicted molar refractivity (Wildman–Crippen MR) is 91.7 cm³/mol. The van der Waals surface area contributed by atoms with E-state index in [-0.39, 0.29) is 10.6 Å². The Balaban J connectivity index is 0. The van der Waals surface area contributed by atoms with Gasteiger partial charge in [0.15, 0.2) is 0 Å². The van der Waals surface area contributed by atoms with E-state index in [1.165, 1.54) is 44.9 Å². The maximum absolute atomic E-state index is 10.6. The molecule has 0 saturated heterocycles. The van der Waals surface area contributed by atoms with E-state index in [0.29, 0.717) is 6.42 Å². The highest BCUT2D eigenvalue weighted by molar-refractivity contribution is 5.73. The number of primary amides is 1. The molecule has 0 fully saturated rings. The van der Waals surface area contributed by atoms with E-state index in [9.17, 15) is 10.0 Å². The van der Waals surface area contributed by atoms with Crippen LogP contribution >= 0.6 is 0 Å². The first-order valence-electron chi connectivity index (χ1n) is 8.65. The minimum absolute atomic E-state index is 0.156. The van der Waals surface area contributed by atoms with E-state index in [4.69, 9.17) is 5.73 Å². The van der Waals surface area contributed by atoms with Crippen LogP contribution in [0.2, 0.25) is 0 Å². The molecule has 0 aromatic heterocycles. The second-order valence-corrected chi connectivity index (χ2v) is 6.34. The fourth-order valence-electron chi connectivity index (χ4n) is 2.15. The lowest BCUT2D eigenvalue weighted by molar-refractivity contribution is -0.839. The normalized spacial score (nSPS) is 10.9. The molecule has 0 radical (unpaired) electrons. The second-order valence-electron chi connectivity index (χ2n) is 6.34. The lowest BCUT2D eigenvalue weighted by Crippen LogP contribution is -2.32. The van der Waals surface area contributed by atoms with Gasteiger partial charge in [-0.15, -0.1) is 0 Å². The van der Waals surface area contributed by atoms with Gasteiger partial charge in [0.05, 0.1) is 20.6 Å². The number of quaternary nitrogens is 1. The Morgan fingerprint density at radius 2 is 1.29 bits per heavy atom. The van der Waals surface area contributed by atoms with Gasteiger partial charge < -0.3 is 15.6 Å². The van der Waals surface area contributed by atoms with Crippen LogP contribution in [0.5, 0.6) is 0 Å². The molecule has 0 bridgehead atoms. The number of hydroxylamine groups is 3. The van der Waals surface area contributed by atoms with Crippen molar-refractivity contribution in [2.24, 2.45) is 5.73 Å². The highest BCUT2D eigenvalue weighted by atomic mass is 16.5. The third kappa shape index (κ3) is 28.3. The molecule has 0 atom stereocenters. The van der Waals surface area contributed by atoms with Crippen molar-refractivity contribution >= 4 is 5.91 Å². The van der Waals surface area contributed by atoms with Gasteiger partial charge >= 0.3 is 0 Å². The topological polar surface area (TPSA) is 66.2 Å². The Morgan fingerprint density at radius 1 is 0.857 bits per heavy atom. The van der Waals surface area contributed by atoms with E-state index in [1.807, 2.05) is 6.92 Å². The van der Waals surface area contributed by atoms with Crippen molar-refractivity contribution in [2.75, 3.05) is 20.6 Å². The quantitative estimate of drug-likeness (QED) is 0.330. The summed E-state index contributed by atoms with van der Waals surface area (Å²) < 4.78 is -0.156. The van der Waals surface area contributed by atoms with Crippen molar-refractivity contribution in [3.05, 3.63) is 5.21 Å². The lowest BCUT2D eigenvalue weighted by atomic mass is 10.1. The molecule has 1 amide bonds. The molecule has 0 aliphatic rings. The van der Waals surface area contributed by atoms with Crippen LogP contribution in [0, 0.1) is 5.21 Å². The molecule has 2 N–H and O–H groups in total. The Labute approximate surface area is 132 Å². The smallest absolute Gasteiger partial charge is 0.217 e. The Bertz CT molecular complexity index is 225. The number of rotatable bonds is 12. The third-order valence-corrected chi connectivity index (χ3v) is 3.29. The molecule has 0 saturated carbocycles. The van der Waals surface area contributed by atoms with Crippen molar-refractivity contribution in [2.45, 2.75) is 84.5 Å². The van der Waals surface area contributed by atoms with Crippen LogP contribution in [0.25, 0.3) is 0 Å². The van der Waals surface area contributed by atoms with Gasteiger partial charge in [-0.1, -0.05) is 65.2 Å². The predicted octanol–water partition coefficient (Wildman–Crippen LogP) is 4.36. The molecule has 0 heterocycles. The molecular weight excluding hydrogens is 264 g/mol. The molecule has 0 rings (SSSR count). The fraction of sp³-hybridized carbons (Fsp3) is 0.941. The van der Waals surface area contributed by atoms with Crippen LogP contribution in [0.4, 0.5) is 0 Å². The molecule has 0 aromatic carbocycles. The van der Waals surface area contributed by atoms with Crippen molar-refractivity contribution < 1.29 is 9.44 Å². The minimum atomic E-state index is -0.159. The Morgan fingerprint density at radius 3 is 1.57 bits per heavy atom. The zero-order chi connectivity index (χ0) is 16.6. The zero-order valence-corrected chi connectivity index (χ0v) is 14.8. The molecule has 0 spiro atoms. The Kier molecular flexibility index (Phi) is 17.0. The maximum Gasteiger partial charge on any atom is 0.217 e. The van der Waals surface area contributed by atoms with E-state index in [1.54, 1.807) is 14.1 Å². The van der Waals surface area contributed by atoms with Crippen molar-refractivity contribution in [1.29, 1.82) is 0 Å². The van der Waals surface area contributed by atoms with Crippen LogP contribution in [0.15, 0.2) is 0 Å². The van der Waals surface area contributed by atoms with E-state index >= 15 is 0 Å². The summed E-state index contributed by atoms with van der Waals surface area (Å²) in [5.41, 5.74) is 5.05. The number of carbonyl (C=O) groups is 1. The summed E-state index contributed by atoms with van der Waals surface area (Å²) >= 11 is 0. The zero-order valence-electron chi connectivity index (χ0n) is 14.8. The van der Waals surface area contributed by atoms with Gasteiger partial charge in [-0.05, 0) is 12.8 Å². The van der Waals surface area contributed by atoms with Crippen LogP contribution in [0.3, 0.4) is 0 Å².